The van der Waals surface area contributed by atoms with Crippen molar-refractivity contribution in [3.05, 3.63) is 0 Å². The van der Waals surface area contributed by atoms with Crippen molar-refractivity contribution in [3.8, 4) is 0 Å². The van der Waals surface area contributed by atoms with Crippen LogP contribution in [0, 0.1) is 5.92 Å². The van der Waals surface area contributed by atoms with Gasteiger partial charge in [-0.05, 0) is 25.8 Å². The fourth-order valence-corrected chi connectivity index (χ4v) is 2.57. The van der Waals surface area contributed by atoms with Crippen LogP contribution in [0.4, 0.5) is 0 Å². The second-order valence-corrected chi connectivity index (χ2v) is 5.03. The van der Waals surface area contributed by atoms with Crippen molar-refractivity contribution in [2.75, 3.05) is 7.05 Å². The zero-order chi connectivity index (χ0) is 10.2. The van der Waals surface area contributed by atoms with Crippen molar-refractivity contribution in [2.45, 2.75) is 70.8 Å². The molecule has 0 heterocycles. The molecule has 0 spiro atoms. The molecular weight excluding hydrogens is 170 g/mol. The molecule has 1 N–H and O–H groups in total. The summed E-state index contributed by atoms with van der Waals surface area (Å²) < 4.78 is 0. The van der Waals surface area contributed by atoms with Gasteiger partial charge in [-0.15, -0.1) is 0 Å². The molecule has 0 aliphatic heterocycles. The summed E-state index contributed by atoms with van der Waals surface area (Å²) in [6.07, 6.45) is 13.0. The van der Waals surface area contributed by atoms with E-state index in [9.17, 15) is 0 Å². The van der Waals surface area contributed by atoms with E-state index in [1.807, 2.05) is 0 Å². The highest BCUT2D eigenvalue weighted by Gasteiger charge is 2.11. The smallest absolute Gasteiger partial charge is 0.00666 e. The first kappa shape index (κ1) is 12.0. The lowest BCUT2D eigenvalue weighted by Crippen LogP contribution is -2.27. The van der Waals surface area contributed by atoms with Crippen molar-refractivity contribution in [3.63, 3.8) is 0 Å². The Hall–Kier alpha value is -0.0400. The second kappa shape index (κ2) is 7.28. The maximum absolute atomic E-state index is 3.47. The third-order valence-electron chi connectivity index (χ3n) is 3.59. The molecule has 1 rings (SSSR count). The summed E-state index contributed by atoms with van der Waals surface area (Å²) in [5, 5.41) is 3.47. The van der Waals surface area contributed by atoms with Gasteiger partial charge >= 0.3 is 0 Å². The molecule has 1 aliphatic carbocycles. The van der Waals surface area contributed by atoms with E-state index in [1.165, 1.54) is 57.8 Å². The van der Waals surface area contributed by atoms with Gasteiger partial charge in [-0.2, -0.15) is 0 Å². The number of hydrogen-bond acceptors (Lipinski definition) is 1. The van der Waals surface area contributed by atoms with Gasteiger partial charge in [0.2, 0.25) is 0 Å². The highest BCUT2D eigenvalue weighted by atomic mass is 14.9. The van der Waals surface area contributed by atoms with Gasteiger partial charge < -0.3 is 5.32 Å². The van der Waals surface area contributed by atoms with Crippen LogP contribution in [-0.2, 0) is 0 Å². The molecule has 2 atom stereocenters. The van der Waals surface area contributed by atoms with Gasteiger partial charge in [-0.3, -0.25) is 0 Å². The van der Waals surface area contributed by atoms with Crippen molar-refractivity contribution in [1.29, 1.82) is 0 Å². The fourth-order valence-electron chi connectivity index (χ4n) is 2.57. The SMILES string of the molecule is CNC1CCCCCCCCC(C)C1. The molecular formula is C13H27N. The lowest BCUT2D eigenvalue weighted by atomic mass is 9.94. The zero-order valence-electron chi connectivity index (χ0n) is 10.0. The van der Waals surface area contributed by atoms with Crippen LogP contribution in [-0.4, -0.2) is 13.1 Å². The molecule has 0 radical (unpaired) electrons. The highest BCUT2D eigenvalue weighted by molar-refractivity contribution is 4.69. The van der Waals surface area contributed by atoms with Gasteiger partial charge in [0.1, 0.15) is 0 Å². The normalized spacial score (nSPS) is 32.1. The lowest BCUT2D eigenvalue weighted by molar-refractivity contribution is 0.376. The first-order chi connectivity index (χ1) is 6.83. The molecule has 14 heavy (non-hydrogen) atoms. The Kier molecular flexibility index (Phi) is 6.25. The minimum Gasteiger partial charge on any atom is -0.317 e. The summed E-state index contributed by atoms with van der Waals surface area (Å²) >= 11 is 0. The molecule has 1 nitrogen and oxygen atoms in total. The minimum absolute atomic E-state index is 0.781. The predicted octanol–water partition coefficient (Wildman–Crippen LogP) is 3.74. The Morgan fingerprint density at radius 3 is 2.07 bits per heavy atom. The van der Waals surface area contributed by atoms with Gasteiger partial charge in [0.05, 0.1) is 0 Å². The van der Waals surface area contributed by atoms with Gasteiger partial charge in [-0.1, -0.05) is 51.9 Å². The minimum atomic E-state index is 0.781. The van der Waals surface area contributed by atoms with Crippen LogP contribution in [0.15, 0.2) is 0 Å². The monoisotopic (exact) mass is 197 g/mol. The standard InChI is InChI=1S/C13H27N/c1-12-9-7-5-3-4-6-8-10-13(11-12)14-2/h12-14H,3-11H2,1-2H3. The Labute approximate surface area is 89.7 Å². The van der Waals surface area contributed by atoms with Gasteiger partial charge in [0.15, 0.2) is 0 Å². The Morgan fingerprint density at radius 1 is 0.857 bits per heavy atom. The summed E-state index contributed by atoms with van der Waals surface area (Å²) in [5.74, 6) is 0.922. The predicted molar refractivity (Wildman–Crippen MR) is 63.6 cm³/mol. The van der Waals surface area contributed by atoms with Crippen LogP contribution >= 0.6 is 0 Å². The van der Waals surface area contributed by atoms with E-state index < -0.39 is 0 Å². The van der Waals surface area contributed by atoms with Crippen LogP contribution in [0.25, 0.3) is 0 Å². The summed E-state index contributed by atoms with van der Waals surface area (Å²) in [6.45, 7) is 2.42. The molecule has 2 unspecified atom stereocenters. The number of rotatable bonds is 1. The van der Waals surface area contributed by atoms with Gasteiger partial charge in [0, 0.05) is 6.04 Å². The molecule has 84 valence electrons. The molecule has 0 amide bonds. The van der Waals surface area contributed by atoms with E-state index in [0.717, 1.165) is 12.0 Å². The lowest BCUT2D eigenvalue weighted by Gasteiger charge is -2.19. The quantitative estimate of drug-likeness (QED) is 0.675. The summed E-state index contributed by atoms with van der Waals surface area (Å²) in [6, 6.07) is 0.781. The van der Waals surface area contributed by atoms with Crippen LogP contribution < -0.4 is 5.32 Å². The molecule has 1 fully saturated rings. The maximum Gasteiger partial charge on any atom is 0.00666 e. The van der Waals surface area contributed by atoms with Crippen LogP contribution in [0.1, 0.15) is 64.7 Å². The fraction of sp³-hybridized carbons (Fsp3) is 1.00. The van der Waals surface area contributed by atoms with E-state index in [-0.39, 0.29) is 0 Å². The second-order valence-electron chi connectivity index (χ2n) is 5.03. The van der Waals surface area contributed by atoms with Crippen LogP contribution in [0.2, 0.25) is 0 Å². The van der Waals surface area contributed by atoms with Crippen LogP contribution in [0.5, 0.6) is 0 Å². The average molecular weight is 197 g/mol. The van der Waals surface area contributed by atoms with Crippen molar-refractivity contribution < 1.29 is 0 Å². The first-order valence-corrected chi connectivity index (χ1v) is 6.50. The molecule has 1 saturated carbocycles. The van der Waals surface area contributed by atoms with Crippen molar-refractivity contribution in [2.24, 2.45) is 5.92 Å². The largest absolute Gasteiger partial charge is 0.317 e. The molecule has 1 aliphatic rings. The third-order valence-corrected chi connectivity index (χ3v) is 3.59. The van der Waals surface area contributed by atoms with E-state index in [2.05, 4.69) is 19.3 Å². The summed E-state index contributed by atoms with van der Waals surface area (Å²) in [4.78, 5) is 0. The van der Waals surface area contributed by atoms with E-state index in [1.54, 1.807) is 0 Å². The van der Waals surface area contributed by atoms with Gasteiger partial charge in [-0.25, -0.2) is 0 Å². The molecule has 0 aromatic rings. The molecule has 1 heteroatoms. The number of hydrogen-bond donors (Lipinski definition) is 1. The average Bonchev–Trinajstić information content (AvgIpc) is 2.23. The maximum atomic E-state index is 3.47. The summed E-state index contributed by atoms with van der Waals surface area (Å²) in [7, 11) is 2.12. The summed E-state index contributed by atoms with van der Waals surface area (Å²) in [5.41, 5.74) is 0. The van der Waals surface area contributed by atoms with E-state index >= 15 is 0 Å². The van der Waals surface area contributed by atoms with Gasteiger partial charge in [0.25, 0.3) is 0 Å². The highest BCUT2D eigenvalue weighted by Crippen LogP contribution is 2.20. The zero-order valence-corrected chi connectivity index (χ0v) is 10.0. The van der Waals surface area contributed by atoms with Crippen molar-refractivity contribution >= 4 is 0 Å². The number of nitrogens with one attached hydrogen (secondary N) is 1. The third kappa shape index (κ3) is 4.99. The first-order valence-electron chi connectivity index (χ1n) is 6.50. The molecule has 0 bridgehead atoms. The molecule has 0 saturated heterocycles. The Morgan fingerprint density at radius 2 is 1.43 bits per heavy atom. The topological polar surface area (TPSA) is 12.0 Å². The van der Waals surface area contributed by atoms with E-state index in [0.29, 0.717) is 0 Å². The van der Waals surface area contributed by atoms with Crippen LogP contribution in [0.3, 0.4) is 0 Å². The van der Waals surface area contributed by atoms with E-state index in [4.69, 9.17) is 0 Å². The van der Waals surface area contributed by atoms with Crippen molar-refractivity contribution in [1.82, 2.24) is 5.32 Å². The Bertz CT molecular complexity index is 133. The molecule has 0 aromatic carbocycles. The molecule has 0 aromatic heterocycles. The Balaban J connectivity index is 2.31.